The Hall–Kier alpha value is -2.60. The number of rotatable bonds is 6. The molecule has 1 aromatic heterocycles. The van der Waals surface area contributed by atoms with Crippen molar-refractivity contribution >= 4 is 40.7 Å². The van der Waals surface area contributed by atoms with Gasteiger partial charge in [0.1, 0.15) is 18.4 Å². The fourth-order valence-corrected chi connectivity index (χ4v) is 2.09. The second-order valence-corrected chi connectivity index (χ2v) is 5.54. The smallest absolute Gasteiger partial charge is 0.325 e. The van der Waals surface area contributed by atoms with Gasteiger partial charge in [0.25, 0.3) is 0 Å². The lowest BCUT2D eigenvalue weighted by atomic mass is 10.2. The van der Waals surface area contributed by atoms with Crippen LogP contribution in [0.4, 0.5) is 16.3 Å². The number of nitriles is 1. The lowest BCUT2D eigenvalue weighted by molar-refractivity contribution is 0.115. The molecule has 0 aliphatic heterocycles. The molecule has 2 amide bonds. The number of carbonyl (C=O) groups is 1. The summed E-state index contributed by atoms with van der Waals surface area (Å²) in [7, 11) is 1.44. The van der Waals surface area contributed by atoms with Gasteiger partial charge in [0.2, 0.25) is 0 Å². The van der Waals surface area contributed by atoms with Gasteiger partial charge in [-0.15, -0.1) is 0 Å². The summed E-state index contributed by atoms with van der Waals surface area (Å²) in [5.41, 5.74) is 5.14. The van der Waals surface area contributed by atoms with Gasteiger partial charge >= 0.3 is 6.03 Å². The summed E-state index contributed by atoms with van der Waals surface area (Å²) in [6, 6.07) is 5.63. The summed E-state index contributed by atoms with van der Waals surface area (Å²) in [5, 5.41) is 9.15. The Morgan fingerprint density at radius 2 is 2.20 bits per heavy atom. The molecule has 1 heterocycles. The van der Waals surface area contributed by atoms with Crippen LogP contribution in [-0.2, 0) is 4.74 Å². The molecule has 8 nitrogen and oxygen atoms in total. The molecule has 10 heteroatoms. The molecule has 2 N–H and O–H groups in total. The number of aromatic nitrogens is 2. The number of ether oxygens (including phenoxy) is 2. The Morgan fingerprint density at radius 1 is 1.44 bits per heavy atom. The topological polar surface area (TPSA) is 114 Å². The molecule has 0 fully saturated rings. The van der Waals surface area contributed by atoms with Crippen LogP contribution in [0.2, 0.25) is 5.02 Å². The first-order valence-corrected chi connectivity index (χ1v) is 7.68. The SMILES string of the molecule is COC(Cl)COc1ccc(Cl)cc1N(C(N)=O)c1cnc(C#N)cn1. The van der Waals surface area contributed by atoms with Gasteiger partial charge in [-0.05, 0) is 18.2 Å². The molecule has 0 spiro atoms. The molecule has 0 saturated heterocycles. The highest BCUT2D eigenvalue weighted by Gasteiger charge is 2.22. The number of halogens is 2. The number of hydrogen-bond acceptors (Lipinski definition) is 6. The van der Waals surface area contributed by atoms with Crippen molar-refractivity contribution in [1.29, 1.82) is 5.26 Å². The molecule has 1 aromatic carbocycles. The minimum atomic E-state index is -0.833. The van der Waals surface area contributed by atoms with Crippen LogP contribution in [-0.4, -0.2) is 35.3 Å². The number of nitrogens with zero attached hydrogens (tertiary/aromatic N) is 4. The van der Waals surface area contributed by atoms with Crippen LogP contribution in [0, 0.1) is 11.3 Å². The second kappa shape index (κ2) is 8.48. The van der Waals surface area contributed by atoms with Crippen LogP contribution in [0.15, 0.2) is 30.6 Å². The van der Waals surface area contributed by atoms with Gasteiger partial charge in [-0.3, -0.25) is 0 Å². The third-order valence-corrected chi connectivity index (χ3v) is 3.53. The van der Waals surface area contributed by atoms with Crippen LogP contribution in [0.5, 0.6) is 5.75 Å². The highest BCUT2D eigenvalue weighted by atomic mass is 35.5. The van der Waals surface area contributed by atoms with Crippen molar-refractivity contribution in [2.45, 2.75) is 5.56 Å². The molecular formula is C15H13Cl2N5O3. The van der Waals surface area contributed by atoms with Crippen molar-refractivity contribution in [3.8, 4) is 11.8 Å². The summed E-state index contributed by atoms with van der Waals surface area (Å²) in [6.07, 6.45) is 2.46. The first-order valence-electron chi connectivity index (χ1n) is 6.87. The predicted molar refractivity (Wildman–Crippen MR) is 92.1 cm³/mol. The Bertz CT molecular complexity index is 795. The van der Waals surface area contributed by atoms with E-state index in [0.29, 0.717) is 5.02 Å². The molecule has 2 rings (SSSR count). The number of amides is 2. The molecule has 0 bridgehead atoms. The van der Waals surface area contributed by atoms with Gasteiger partial charge in [-0.25, -0.2) is 19.7 Å². The highest BCUT2D eigenvalue weighted by Crippen LogP contribution is 2.35. The van der Waals surface area contributed by atoms with Crippen LogP contribution in [0.3, 0.4) is 0 Å². The van der Waals surface area contributed by atoms with E-state index in [0.717, 1.165) is 4.90 Å². The van der Waals surface area contributed by atoms with E-state index >= 15 is 0 Å². The molecule has 1 atom stereocenters. The maximum absolute atomic E-state index is 12.0. The quantitative estimate of drug-likeness (QED) is 0.769. The number of alkyl halides is 1. The van der Waals surface area contributed by atoms with Crippen molar-refractivity contribution in [2.75, 3.05) is 18.6 Å². The Kier molecular flexibility index (Phi) is 6.36. The summed E-state index contributed by atoms with van der Waals surface area (Å²) in [4.78, 5) is 20.9. The normalized spacial score (nSPS) is 11.4. The lowest BCUT2D eigenvalue weighted by Gasteiger charge is -2.22. The van der Waals surface area contributed by atoms with Gasteiger partial charge in [0, 0.05) is 12.1 Å². The van der Waals surface area contributed by atoms with Crippen LogP contribution < -0.4 is 15.4 Å². The van der Waals surface area contributed by atoms with E-state index in [4.69, 9.17) is 43.7 Å². The van der Waals surface area contributed by atoms with E-state index < -0.39 is 11.6 Å². The van der Waals surface area contributed by atoms with Crippen molar-refractivity contribution in [2.24, 2.45) is 5.73 Å². The highest BCUT2D eigenvalue weighted by molar-refractivity contribution is 6.31. The minimum Gasteiger partial charge on any atom is -0.487 e. The summed E-state index contributed by atoms with van der Waals surface area (Å²) < 4.78 is 10.5. The van der Waals surface area contributed by atoms with E-state index in [2.05, 4.69) is 9.97 Å². The van der Waals surface area contributed by atoms with Crippen LogP contribution in [0.1, 0.15) is 5.69 Å². The van der Waals surface area contributed by atoms with Crippen LogP contribution >= 0.6 is 23.2 Å². The number of carbonyl (C=O) groups excluding carboxylic acids is 1. The zero-order valence-electron chi connectivity index (χ0n) is 13.0. The lowest BCUT2D eigenvalue weighted by Crippen LogP contribution is -2.32. The van der Waals surface area contributed by atoms with Gasteiger partial charge in [-0.2, -0.15) is 5.26 Å². The first kappa shape index (κ1) is 18.7. The van der Waals surface area contributed by atoms with Crippen LogP contribution in [0.25, 0.3) is 0 Å². The fourth-order valence-electron chi connectivity index (χ4n) is 1.86. The molecule has 2 aromatic rings. The standard InChI is InChI=1S/C15H13Cl2N5O3/c1-24-13(17)8-25-12-3-2-9(16)4-11(12)22(15(19)23)14-7-20-10(5-18)6-21-14/h2-4,6-7,13H,8H2,1H3,(H2,19,23). The van der Waals surface area contributed by atoms with Gasteiger partial charge in [0.05, 0.1) is 18.1 Å². The number of benzene rings is 1. The van der Waals surface area contributed by atoms with E-state index in [1.807, 2.05) is 6.07 Å². The summed E-state index contributed by atoms with van der Waals surface area (Å²) in [6.45, 7) is 0.0261. The number of primary amides is 1. The Balaban J connectivity index is 2.44. The zero-order chi connectivity index (χ0) is 18.4. The number of hydrogen-bond donors (Lipinski definition) is 1. The van der Waals surface area contributed by atoms with Gasteiger partial charge < -0.3 is 15.2 Å². The summed E-state index contributed by atoms with van der Waals surface area (Å²) in [5.74, 6) is 0.393. The average molecular weight is 382 g/mol. The number of urea groups is 1. The third kappa shape index (κ3) is 4.70. The van der Waals surface area contributed by atoms with Crippen molar-refractivity contribution < 1.29 is 14.3 Å². The summed E-state index contributed by atoms with van der Waals surface area (Å²) >= 11 is 11.9. The van der Waals surface area contributed by atoms with Gasteiger partial charge in [-0.1, -0.05) is 23.2 Å². The molecule has 0 aliphatic rings. The van der Waals surface area contributed by atoms with E-state index in [1.165, 1.54) is 25.6 Å². The molecular weight excluding hydrogens is 369 g/mol. The maximum Gasteiger partial charge on any atom is 0.325 e. The van der Waals surface area contributed by atoms with E-state index in [1.54, 1.807) is 12.1 Å². The van der Waals surface area contributed by atoms with Crippen molar-refractivity contribution in [3.05, 3.63) is 41.3 Å². The Labute approximate surface area is 153 Å². The van der Waals surface area contributed by atoms with Gasteiger partial charge in [0.15, 0.2) is 17.1 Å². The zero-order valence-corrected chi connectivity index (χ0v) is 14.5. The second-order valence-electron chi connectivity index (χ2n) is 4.61. The van der Waals surface area contributed by atoms with Crippen molar-refractivity contribution in [3.63, 3.8) is 0 Å². The fraction of sp³-hybridized carbons (Fsp3) is 0.200. The first-order chi connectivity index (χ1) is 12.0. The van der Waals surface area contributed by atoms with E-state index in [9.17, 15) is 4.79 Å². The molecule has 130 valence electrons. The van der Waals surface area contributed by atoms with E-state index in [-0.39, 0.29) is 29.6 Å². The molecule has 0 aliphatic carbocycles. The monoisotopic (exact) mass is 381 g/mol. The number of anilines is 2. The molecule has 0 radical (unpaired) electrons. The predicted octanol–water partition coefficient (Wildman–Crippen LogP) is 2.81. The Morgan fingerprint density at radius 3 is 2.76 bits per heavy atom. The maximum atomic E-state index is 12.0. The largest absolute Gasteiger partial charge is 0.487 e. The molecule has 25 heavy (non-hydrogen) atoms. The average Bonchev–Trinajstić information content (AvgIpc) is 2.61. The number of methoxy groups -OCH3 is 1. The van der Waals surface area contributed by atoms with Crippen molar-refractivity contribution in [1.82, 2.24) is 9.97 Å². The molecule has 1 unspecified atom stereocenters. The third-order valence-electron chi connectivity index (χ3n) is 2.99. The number of nitrogens with two attached hydrogens (primary N) is 1. The minimum absolute atomic E-state index is 0.0261. The molecule has 0 saturated carbocycles.